The minimum atomic E-state index is -3.36. The molecule has 0 fully saturated rings. The van der Waals surface area contributed by atoms with Crippen molar-refractivity contribution in [1.29, 1.82) is 0 Å². The highest BCUT2D eigenvalue weighted by molar-refractivity contribution is 7.90. The molecule has 8 heteroatoms. The SMILES string of the molecule is COc1cc2ccccc2cc1C(=O)N(Cc1ccccc1)c1nc2ccc(S(C)(=O)=O)cc2s1. The fourth-order valence-corrected chi connectivity index (χ4v) is 5.66. The Bertz CT molecular complexity index is 1660. The molecular weight excluding hydrogens is 480 g/mol. The molecule has 1 aromatic heterocycles. The highest BCUT2D eigenvalue weighted by Crippen LogP contribution is 2.34. The number of nitrogens with zero attached hydrogens (tertiary/aromatic N) is 2. The van der Waals surface area contributed by atoms with Crippen molar-refractivity contribution in [1.82, 2.24) is 4.98 Å². The Kier molecular flexibility index (Phi) is 6.00. The second-order valence-corrected chi connectivity index (χ2v) is 11.2. The van der Waals surface area contributed by atoms with Crippen LogP contribution in [0.4, 0.5) is 5.13 Å². The zero-order chi connectivity index (χ0) is 24.6. The van der Waals surface area contributed by atoms with Gasteiger partial charge >= 0.3 is 0 Å². The van der Waals surface area contributed by atoms with Crippen LogP contribution < -0.4 is 9.64 Å². The lowest BCUT2D eigenvalue weighted by Crippen LogP contribution is -2.30. The summed E-state index contributed by atoms with van der Waals surface area (Å²) < 4.78 is 30.4. The molecule has 176 valence electrons. The smallest absolute Gasteiger partial charge is 0.264 e. The number of anilines is 1. The molecule has 0 unspecified atom stereocenters. The Morgan fingerprint density at radius 2 is 1.63 bits per heavy atom. The third-order valence-electron chi connectivity index (χ3n) is 5.73. The maximum Gasteiger partial charge on any atom is 0.264 e. The molecule has 0 bridgehead atoms. The van der Waals surface area contributed by atoms with Crippen molar-refractivity contribution in [2.75, 3.05) is 18.3 Å². The predicted molar refractivity (Wildman–Crippen MR) is 140 cm³/mol. The molecule has 5 aromatic rings. The molecule has 0 saturated carbocycles. The van der Waals surface area contributed by atoms with Gasteiger partial charge in [-0.2, -0.15) is 0 Å². The molecule has 0 spiro atoms. The number of aromatic nitrogens is 1. The van der Waals surface area contributed by atoms with Crippen LogP contribution in [-0.4, -0.2) is 32.7 Å². The molecule has 0 saturated heterocycles. The van der Waals surface area contributed by atoms with Crippen LogP contribution in [0.3, 0.4) is 0 Å². The monoisotopic (exact) mass is 502 g/mol. The Balaban J connectivity index is 1.64. The molecule has 0 N–H and O–H groups in total. The van der Waals surface area contributed by atoms with Crippen LogP contribution in [0.25, 0.3) is 21.0 Å². The van der Waals surface area contributed by atoms with E-state index in [0.717, 1.165) is 16.3 Å². The molecule has 5 rings (SSSR count). The Morgan fingerprint density at radius 3 is 2.31 bits per heavy atom. The number of sulfone groups is 1. The van der Waals surface area contributed by atoms with Crippen molar-refractivity contribution in [3.63, 3.8) is 0 Å². The van der Waals surface area contributed by atoms with Crippen LogP contribution in [0.5, 0.6) is 5.75 Å². The fourth-order valence-electron chi connectivity index (χ4n) is 3.93. The van der Waals surface area contributed by atoms with Gasteiger partial charge in [-0.1, -0.05) is 65.9 Å². The van der Waals surface area contributed by atoms with Gasteiger partial charge in [-0.25, -0.2) is 13.4 Å². The van der Waals surface area contributed by atoms with Crippen molar-refractivity contribution >= 4 is 53.2 Å². The minimum absolute atomic E-state index is 0.220. The number of benzene rings is 4. The van der Waals surface area contributed by atoms with Gasteiger partial charge in [0, 0.05) is 6.26 Å². The van der Waals surface area contributed by atoms with E-state index in [1.807, 2.05) is 66.7 Å². The van der Waals surface area contributed by atoms with Crippen LogP contribution in [0.2, 0.25) is 0 Å². The lowest BCUT2D eigenvalue weighted by atomic mass is 10.0. The summed E-state index contributed by atoms with van der Waals surface area (Å²) in [5, 5.41) is 2.39. The molecule has 0 aliphatic heterocycles. The zero-order valence-corrected chi connectivity index (χ0v) is 20.8. The van der Waals surface area contributed by atoms with E-state index in [1.165, 1.54) is 23.7 Å². The van der Waals surface area contributed by atoms with Gasteiger partial charge in [-0.15, -0.1) is 0 Å². The van der Waals surface area contributed by atoms with Gasteiger partial charge in [0.25, 0.3) is 5.91 Å². The number of carbonyl (C=O) groups is 1. The maximum atomic E-state index is 14.0. The number of thiazole rings is 1. The van der Waals surface area contributed by atoms with Crippen LogP contribution in [0.15, 0.2) is 89.8 Å². The first-order valence-electron chi connectivity index (χ1n) is 10.9. The van der Waals surface area contributed by atoms with E-state index in [0.29, 0.717) is 33.2 Å². The summed E-state index contributed by atoms with van der Waals surface area (Å²) in [7, 11) is -1.81. The number of amides is 1. The number of carbonyl (C=O) groups excluding carboxylic acids is 1. The quantitative estimate of drug-likeness (QED) is 0.297. The lowest BCUT2D eigenvalue weighted by molar-refractivity contribution is 0.0982. The number of rotatable bonds is 6. The summed E-state index contributed by atoms with van der Waals surface area (Å²) >= 11 is 1.28. The standard InChI is InChI=1S/C27H22N2O4S2/c1-33-24-15-20-11-7-6-10-19(20)14-22(24)26(30)29(17-18-8-4-3-5-9-18)27-28-23-13-12-21(35(2,31)32)16-25(23)34-27/h3-16H,17H2,1-2H3. The number of methoxy groups -OCH3 is 1. The zero-order valence-electron chi connectivity index (χ0n) is 19.1. The molecular formula is C27H22N2O4S2. The van der Waals surface area contributed by atoms with E-state index in [9.17, 15) is 13.2 Å². The van der Waals surface area contributed by atoms with E-state index < -0.39 is 9.84 Å². The van der Waals surface area contributed by atoms with Crippen LogP contribution in [0, 0.1) is 0 Å². The van der Waals surface area contributed by atoms with Crippen molar-refractivity contribution in [2.45, 2.75) is 11.4 Å². The second-order valence-electron chi connectivity index (χ2n) is 8.17. The molecule has 4 aromatic carbocycles. The Labute approximate surface area is 207 Å². The van der Waals surface area contributed by atoms with E-state index in [1.54, 1.807) is 24.1 Å². The Morgan fingerprint density at radius 1 is 0.943 bits per heavy atom. The summed E-state index contributed by atoms with van der Waals surface area (Å²) in [6, 6.07) is 26.0. The third-order valence-corrected chi connectivity index (χ3v) is 7.89. The number of hydrogen-bond acceptors (Lipinski definition) is 6. The van der Waals surface area contributed by atoms with Crippen LogP contribution in [-0.2, 0) is 16.4 Å². The summed E-state index contributed by atoms with van der Waals surface area (Å²) in [5.74, 6) is 0.228. The van der Waals surface area contributed by atoms with E-state index >= 15 is 0 Å². The fraction of sp³-hybridized carbons (Fsp3) is 0.111. The Hall–Kier alpha value is -3.75. The van der Waals surface area contributed by atoms with Crippen molar-refractivity contribution in [2.24, 2.45) is 0 Å². The van der Waals surface area contributed by atoms with Gasteiger partial charge in [0.05, 0.1) is 34.3 Å². The average Bonchev–Trinajstić information content (AvgIpc) is 3.29. The number of fused-ring (bicyclic) bond motifs is 2. The molecule has 1 heterocycles. The predicted octanol–water partition coefficient (Wildman–Crippen LogP) is 5.71. The van der Waals surface area contributed by atoms with Gasteiger partial charge in [0.2, 0.25) is 0 Å². The number of hydrogen-bond donors (Lipinski definition) is 0. The van der Waals surface area contributed by atoms with Crippen LogP contribution >= 0.6 is 11.3 Å². The third kappa shape index (κ3) is 4.62. The minimum Gasteiger partial charge on any atom is -0.496 e. The first-order chi connectivity index (χ1) is 16.8. The highest BCUT2D eigenvalue weighted by atomic mass is 32.2. The maximum absolute atomic E-state index is 14.0. The lowest BCUT2D eigenvalue weighted by Gasteiger charge is -2.21. The largest absolute Gasteiger partial charge is 0.496 e. The molecule has 35 heavy (non-hydrogen) atoms. The van der Waals surface area contributed by atoms with Gasteiger partial charge in [0.15, 0.2) is 15.0 Å². The van der Waals surface area contributed by atoms with E-state index in [-0.39, 0.29) is 10.8 Å². The molecule has 1 amide bonds. The van der Waals surface area contributed by atoms with Gasteiger partial charge < -0.3 is 4.74 Å². The summed E-state index contributed by atoms with van der Waals surface area (Å²) in [5.41, 5.74) is 2.00. The van der Waals surface area contributed by atoms with Crippen molar-refractivity contribution in [3.8, 4) is 5.75 Å². The van der Waals surface area contributed by atoms with E-state index in [4.69, 9.17) is 4.74 Å². The first kappa shape index (κ1) is 23.0. The molecule has 0 aliphatic carbocycles. The first-order valence-corrected chi connectivity index (χ1v) is 13.6. The van der Waals surface area contributed by atoms with E-state index in [2.05, 4.69) is 4.98 Å². The van der Waals surface area contributed by atoms with Crippen LogP contribution in [0.1, 0.15) is 15.9 Å². The molecule has 0 aliphatic rings. The normalized spacial score (nSPS) is 11.6. The molecule has 0 atom stereocenters. The topological polar surface area (TPSA) is 76.6 Å². The van der Waals surface area contributed by atoms with Crippen molar-refractivity contribution in [3.05, 3.63) is 96.1 Å². The summed E-state index contributed by atoms with van der Waals surface area (Å²) in [6.45, 7) is 0.300. The molecule has 0 radical (unpaired) electrons. The summed E-state index contributed by atoms with van der Waals surface area (Å²) in [6.07, 6.45) is 1.17. The van der Waals surface area contributed by atoms with Gasteiger partial charge in [-0.05, 0) is 46.7 Å². The average molecular weight is 503 g/mol. The molecule has 6 nitrogen and oxygen atoms in total. The highest BCUT2D eigenvalue weighted by Gasteiger charge is 2.25. The van der Waals surface area contributed by atoms with Gasteiger partial charge in [-0.3, -0.25) is 9.69 Å². The number of ether oxygens (including phenoxy) is 1. The van der Waals surface area contributed by atoms with Gasteiger partial charge in [0.1, 0.15) is 5.75 Å². The van der Waals surface area contributed by atoms with Crippen molar-refractivity contribution < 1.29 is 17.9 Å². The second kappa shape index (κ2) is 9.13. The summed E-state index contributed by atoms with van der Waals surface area (Å²) in [4.78, 5) is 20.5.